The molecule has 346 valence electrons. The van der Waals surface area contributed by atoms with Gasteiger partial charge >= 0.3 is 11.9 Å². The molecule has 1 aliphatic rings. The molecule has 4 N–H and O–H groups in total. The second-order valence-corrected chi connectivity index (χ2v) is 16.5. The lowest BCUT2D eigenvalue weighted by Crippen LogP contribution is -2.60. The van der Waals surface area contributed by atoms with Crippen molar-refractivity contribution in [3.8, 4) is 0 Å². The van der Waals surface area contributed by atoms with Gasteiger partial charge in [0.2, 0.25) is 0 Å². The Balaban J connectivity index is 2.53. The molecular weight excluding hydrogens is 801 g/mol. The summed E-state index contributed by atoms with van der Waals surface area (Å²) in [5.41, 5.74) is 0. The quantitative estimate of drug-likeness (QED) is 0.0205. The fourth-order valence-electron chi connectivity index (χ4n) is 5.98. The zero-order chi connectivity index (χ0) is 44.8. The topological polar surface area (TPSA) is 186 Å². The maximum Gasteiger partial charge on any atom is 0.306 e. The molecule has 1 rings (SSSR count). The van der Waals surface area contributed by atoms with Gasteiger partial charge in [-0.1, -0.05) is 143 Å². The number of ether oxygens (including phenoxy) is 4. The molecule has 1 fully saturated rings. The number of hydrogen-bond donors (Lipinski definition) is 4. The molecule has 13 heteroatoms. The Morgan fingerprint density at radius 3 is 1.61 bits per heavy atom. The highest BCUT2D eigenvalue weighted by atomic mass is 32.2. The smallest absolute Gasteiger partial charge is 0.306 e. The van der Waals surface area contributed by atoms with Crippen LogP contribution in [0.1, 0.15) is 136 Å². The number of aliphatic hydroxyl groups excluding tert-OH is 3. The van der Waals surface area contributed by atoms with Gasteiger partial charge in [-0.05, 0) is 77.0 Å². The van der Waals surface area contributed by atoms with Crippen molar-refractivity contribution in [3.05, 3.63) is 97.2 Å². The van der Waals surface area contributed by atoms with E-state index >= 15 is 0 Å². The fourth-order valence-corrected chi connectivity index (χ4v) is 6.67. The van der Waals surface area contributed by atoms with Crippen LogP contribution in [0.15, 0.2) is 97.2 Å². The van der Waals surface area contributed by atoms with E-state index in [1.54, 1.807) is 0 Å². The summed E-state index contributed by atoms with van der Waals surface area (Å²) in [7, 11) is -4.62. The number of carbonyl (C=O) groups is 2. The van der Waals surface area contributed by atoms with Gasteiger partial charge in [-0.25, -0.2) is 0 Å². The van der Waals surface area contributed by atoms with Crippen LogP contribution in [0.2, 0.25) is 0 Å². The summed E-state index contributed by atoms with van der Waals surface area (Å²) in [4.78, 5) is 25.3. The second-order valence-electron chi connectivity index (χ2n) is 15.0. The molecule has 0 spiro atoms. The Bertz CT molecular complexity index is 1490. The van der Waals surface area contributed by atoms with E-state index in [1.165, 1.54) is 38.5 Å². The largest absolute Gasteiger partial charge is 0.462 e. The van der Waals surface area contributed by atoms with Gasteiger partial charge in [0.05, 0.1) is 6.61 Å². The fraction of sp³-hybridized carbons (Fsp3) is 0.625. The van der Waals surface area contributed by atoms with Crippen LogP contribution in [-0.4, -0.2) is 96.0 Å². The van der Waals surface area contributed by atoms with Gasteiger partial charge in [-0.3, -0.25) is 14.1 Å². The van der Waals surface area contributed by atoms with E-state index in [4.69, 9.17) is 18.9 Å². The predicted molar refractivity (Wildman–Crippen MR) is 242 cm³/mol. The van der Waals surface area contributed by atoms with E-state index < -0.39 is 71.2 Å². The lowest BCUT2D eigenvalue weighted by Gasteiger charge is -2.40. The highest BCUT2D eigenvalue weighted by Gasteiger charge is 2.46. The minimum Gasteiger partial charge on any atom is -0.462 e. The first-order valence-electron chi connectivity index (χ1n) is 22.3. The van der Waals surface area contributed by atoms with Crippen LogP contribution >= 0.6 is 0 Å². The van der Waals surface area contributed by atoms with Crippen molar-refractivity contribution in [2.75, 3.05) is 19.0 Å². The molecule has 3 unspecified atom stereocenters. The summed E-state index contributed by atoms with van der Waals surface area (Å²) in [5.74, 6) is -2.16. The lowest BCUT2D eigenvalue weighted by molar-refractivity contribution is -0.297. The normalized spacial score (nSPS) is 20.9. The van der Waals surface area contributed by atoms with Crippen molar-refractivity contribution in [1.29, 1.82) is 0 Å². The van der Waals surface area contributed by atoms with Crippen LogP contribution in [0.4, 0.5) is 0 Å². The van der Waals surface area contributed by atoms with Crippen molar-refractivity contribution in [1.82, 2.24) is 0 Å². The van der Waals surface area contributed by atoms with Crippen LogP contribution in [0.5, 0.6) is 0 Å². The first-order chi connectivity index (χ1) is 29.5. The Hall–Kier alpha value is -3.43. The average molecular weight is 877 g/mol. The third-order valence-corrected chi connectivity index (χ3v) is 10.2. The number of esters is 2. The molecule has 1 saturated heterocycles. The van der Waals surface area contributed by atoms with E-state index in [2.05, 4.69) is 86.8 Å². The highest BCUT2D eigenvalue weighted by Crippen LogP contribution is 2.23. The minimum atomic E-state index is -4.62. The maximum atomic E-state index is 12.8. The van der Waals surface area contributed by atoms with E-state index in [0.29, 0.717) is 19.3 Å². The molecule has 0 aromatic carbocycles. The van der Waals surface area contributed by atoms with Crippen molar-refractivity contribution in [2.24, 2.45) is 0 Å². The molecule has 0 aliphatic carbocycles. The van der Waals surface area contributed by atoms with Crippen molar-refractivity contribution in [2.45, 2.75) is 173 Å². The van der Waals surface area contributed by atoms with Gasteiger partial charge in [0.25, 0.3) is 10.1 Å². The molecule has 0 radical (unpaired) electrons. The van der Waals surface area contributed by atoms with Crippen LogP contribution in [0.3, 0.4) is 0 Å². The Kier molecular flexibility index (Phi) is 33.9. The van der Waals surface area contributed by atoms with Crippen LogP contribution in [0, 0.1) is 0 Å². The molecule has 6 atom stereocenters. The predicted octanol–water partition coefficient (Wildman–Crippen LogP) is 9.05. The third-order valence-electron chi connectivity index (χ3n) is 9.41. The van der Waals surface area contributed by atoms with Crippen LogP contribution in [0.25, 0.3) is 0 Å². The van der Waals surface area contributed by atoms with Crippen molar-refractivity contribution >= 4 is 22.1 Å². The number of allylic oxidation sites excluding steroid dienone is 16. The maximum absolute atomic E-state index is 12.8. The Morgan fingerprint density at radius 1 is 0.574 bits per heavy atom. The minimum absolute atomic E-state index is 0.0400. The van der Waals surface area contributed by atoms with Crippen LogP contribution in [-0.2, 0) is 38.7 Å². The highest BCUT2D eigenvalue weighted by molar-refractivity contribution is 7.85. The van der Waals surface area contributed by atoms with Gasteiger partial charge in [-0.2, -0.15) is 8.42 Å². The standard InChI is InChI=1S/C48H76O12S/c1-3-5-7-9-11-13-15-17-18-19-20-21-22-23-25-26-28-30-32-34-36-43(49)57-38-41(39-58-48-47(53)46(52)45(51)42(60-48)40-61(54,55)56)59-44(50)37-35-33-31-29-27-24-16-14-12-10-8-6-4-2/h5,7,11,13,17-18,20-21,23-25,27-28,30-31,33,41-42,45-48,51-53H,3-4,6,8-10,12,14-16,19,22,26,29,32,34-40H2,1-2H3,(H,54,55,56)/b7-5+,13-11+,18-17+,21-20+,25-23+,27-24+,30-28+,33-31+/t41?,42-,45-,46?,47?,48+/m1/s1. The zero-order valence-electron chi connectivity index (χ0n) is 36.7. The van der Waals surface area contributed by atoms with Crippen molar-refractivity contribution in [3.63, 3.8) is 0 Å². The van der Waals surface area contributed by atoms with Gasteiger partial charge < -0.3 is 34.3 Å². The van der Waals surface area contributed by atoms with Gasteiger partial charge in [-0.15, -0.1) is 0 Å². The molecule has 1 heterocycles. The van der Waals surface area contributed by atoms with E-state index in [-0.39, 0.29) is 19.4 Å². The van der Waals surface area contributed by atoms with Gasteiger partial charge in [0.1, 0.15) is 36.8 Å². The SMILES string of the molecule is CC/C=C/C/C=C/C/C=C/C/C=C/C/C=C/C/C=C/CCCC(=O)OCC(CO[C@H]1O[C@H](CS(=O)(=O)O)[C@@H](O)C(O)C1O)OC(=O)CC/C=C/C/C=C/CCCCCCCC. The molecule has 1 aliphatic heterocycles. The van der Waals surface area contributed by atoms with E-state index in [9.17, 15) is 37.9 Å². The summed E-state index contributed by atoms with van der Waals surface area (Å²) in [5, 5.41) is 30.8. The first kappa shape index (κ1) is 55.6. The first-order valence-corrected chi connectivity index (χ1v) is 23.9. The number of rotatable bonds is 35. The van der Waals surface area contributed by atoms with E-state index in [0.717, 1.165) is 51.4 Å². The molecule has 0 aromatic rings. The average Bonchev–Trinajstić information content (AvgIpc) is 3.22. The summed E-state index contributed by atoms with van der Waals surface area (Å²) in [6.07, 6.45) is 40.5. The van der Waals surface area contributed by atoms with Crippen LogP contribution < -0.4 is 0 Å². The van der Waals surface area contributed by atoms with Gasteiger partial charge in [0, 0.05) is 12.8 Å². The van der Waals surface area contributed by atoms with Crippen molar-refractivity contribution < 1.29 is 56.8 Å². The molecule has 0 bridgehead atoms. The number of hydrogen-bond acceptors (Lipinski definition) is 11. The Morgan fingerprint density at radius 2 is 1.07 bits per heavy atom. The van der Waals surface area contributed by atoms with E-state index in [1.807, 2.05) is 24.3 Å². The summed E-state index contributed by atoms with van der Waals surface area (Å²) in [6.45, 7) is 3.51. The summed E-state index contributed by atoms with van der Waals surface area (Å²) < 4.78 is 53.9. The summed E-state index contributed by atoms with van der Waals surface area (Å²) in [6, 6.07) is 0. The number of unbranched alkanes of at least 4 members (excludes halogenated alkanes) is 7. The number of carbonyl (C=O) groups excluding carboxylic acids is 2. The Labute approximate surface area is 366 Å². The molecular formula is C48H76O12S. The molecule has 0 saturated carbocycles. The van der Waals surface area contributed by atoms with Gasteiger partial charge in [0.15, 0.2) is 12.4 Å². The monoisotopic (exact) mass is 877 g/mol. The lowest BCUT2D eigenvalue weighted by atomic mass is 10.00. The molecule has 0 amide bonds. The zero-order valence-corrected chi connectivity index (χ0v) is 37.5. The molecule has 0 aromatic heterocycles. The second kappa shape index (κ2) is 37.2. The molecule has 12 nitrogen and oxygen atoms in total. The molecule has 61 heavy (non-hydrogen) atoms. The summed E-state index contributed by atoms with van der Waals surface area (Å²) >= 11 is 0. The number of aliphatic hydroxyl groups is 3. The third kappa shape index (κ3) is 32.0.